The molecular formula is C18H14Br4N2O6. The number of nitrogens with zero attached hydrogens (tertiary/aromatic N) is 1. The lowest BCUT2D eigenvalue weighted by Crippen LogP contribution is -2.24. The van der Waals surface area contributed by atoms with Gasteiger partial charge in [0, 0.05) is 14.5 Å². The van der Waals surface area contributed by atoms with Gasteiger partial charge < -0.3 is 19.3 Å². The highest BCUT2D eigenvalue weighted by Gasteiger charge is 2.13. The Labute approximate surface area is 205 Å². The van der Waals surface area contributed by atoms with E-state index in [1.807, 2.05) is 0 Å². The van der Waals surface area contributed by atoms with Crippen LogP contribution < -0.4 is 19.6 Å². The lowest BCUT2D eigenvalue weighted by molar-refractivity contribution is -0.139. The second kappa shape index (κ2) is 11.7. The van der Waals surface area contributed by atoms with Gasteiger partial charge in [-0.05, 0) is 56.1 Å². The molecular weight excluding hydrogens is 660 g/mol. The Morgan fingerprint density at radius 3 is 2.23 bits per heavy atom. The van der Waals surface area contributed by atoms with E-state index < -0.39 is 18.5 Å². The maximum atomic E-state index is 12.1. The summed E-state index contributed by atoms with van der Waals surface area (Å²) in [5, 5.41) is 12.7. The lowest BCUT2D eigenvalue weighted by Gasteiger charge is -2.12. The fraction of sp³-hybridized carbons (Fsp3) is 0.167. The largest absolute Gasteiger partial charge is 0.493 e. The standard InChI is InChI=1S/C18H14Br4N2O6/c1-28-14-5-11(20)4-13(22)18(14)29-7-15(25)24-23-6-9-2-10(19)3-12(21)17(9)30-8-16(26)27/h2-6H,7-8H2,1H3,(H,24,25)(H,26,27)/b23-6-. The van der Waals surface area contributed by atoms with E-state index in [0.29, 0.717) is 30.5 Å². The molecule has 30 heavy (non-hydrogen) atoms. The average molecular weight is 674 g/mol. The van der Waals surface area contributed by atoms with Crippen LogP contribution in [-0.2, 0) is 9.59 Å². The fourth-order valence-electron chi connectivity index (χ4n) is 2.13. The van der Waals surface area contributed by atoms with Gasteiger partial charge in [-0.3, -0.25) is 4.79 Å². The molecule has 0 saturated heterocycles. The number of carboxylic acid groups (broad SMARTS) is 1. The molecule has 8 nitrogen and oxygen atoms in total. The number of nitrogens with one attached hydrogen (secondary N) is 1. The van der Waals surface area contributed by atoms with E-state index in [1.54, 1.807) is 24.3 Å². The van der Waals surface area contributed by atoms with Crippen molar-refractivity contribution >= 4 is 81.8 Å². The Hall–Kier alpha value is -1.63. The van der Waals surface area contributed by atoms with Crippen LogP contribution in [0.2, 0.25) is 0 Å². The minimum Gasteiger partial charge on any atom is -0.493 e. The van der Waals surface area contributed by atoms with Crippen molar-refractivity contribution in [3.63, 3.8) is 0 Å². The van der Waals surface area contributed by atoms with Crippen molar-refractivity contribution in [3.8, 4) is 17.2 Å². The minimum absolute atomic E-state index is 0.276. The van der Waals surface area contributed by atoms with Gasteiger partial charge in [-0.2, -0.15) is 5.10 Å². The third kappa shape index (κ3) is 7.25. The zero-order chi connectivity index (χ0) is 22.3. The van der Waals surface area contributed by atoms with Crippen LogP contribution in [0, 0.1) is 0 Å². The number of hydrazone groups is 1. The van der Waals surface area contributed by atoms with Gasteiger partial charge in [0.2, 0.25) is 0 Å². The maximum absolute atomic E-state index is 12.1. The number of hydrogen-bond donors (Lipinski definition) is 2. The first-order valence-electron chi connectivity index (χ1n) is 8.02. The highest BCUT2D eigenvalue weighted by molar-refractivity contribution is 9.11. The Kier molecular flexibility index (Phi) is 9.59. The van der Waals surface area contributed by atoms with E-state index >= 15 is 0 Å². The van der Waals surface area contributed by atoms with Gasteiger partial charge in [0.05, 0.1) is 22.3 Å². The molecule has 1 amide bonds. The molecule has 0 aliphatic heterocycles. The number of rotatable bonds is 9. The number of carbonyl (C=O) groups is 2. The summed E-state index contributed by atoms with van der Waals surface area (Å²) in [6.07, 6.45) is 1.33. The van der Waals surface area contributed by atoms with Crippen LogP contribution in [0.3, 0.4) is 0 Å². The number of halogens is 4. The molecule has 2 N–H and O–H groups in total. The second-order valence-electron chi connectivity index (χ2n) is 5.49. The summed E-state index contributed by atoms with van der Waals surface area (Å²) < 4.78 is 18.7. The molecule has 0 aliphatic carbocycles. The minimum atomic E-state index is -1.12. The van der Waals surface area contributed by atoms with Crippen LogP contribution in [0.15, 0.2) is 47.3 Å². The Morgan fingerprint density at radius 2 is 1.60 bits per heavy atom. The molecule has 0 aliphatic rings. The number of carboxylic acids is 1. The van der Waals surface area contributed by atoms with Gasteiger partial charge in [-0.1, -0.05) is 31.9 Å². The van der Waals surface area contributed by atoms with Crippen molar-refractivity contribution in [2.24, 2.45) is 5.10 Å². The fourth-order valence-corrected chi connectivity index (χ4v) is 4.81. The molecule has 0 heterocycles. The molecule has 2 aromatic carbocycles. The molecule has 0 saturated carbocycles. The Bertz CT molecular complexity index is 984. The molecule has 2 aromatic rings. The van der Waals surface area contributed by atoms with E-state index in [1.165, 1.54) is 13.3 Å². The first-order chi connectivity index (χ1) is 14.2. The van der Waals surface area contributed by atoms with Gasteiger partial charge in [0.1, 0.15) is 5.75 Å². The number of amides is 1. The highest BCUT2D eigenvalue weighted by atomic mass is 79.9. The number of aliphatic carboxylic acids is 1. The van der Waals surface area contributed by atoms with Crippen molar-refractivity contribution in [2.45, 2.75) is 0 Å². The molecule has 0 spiro atoms. The number of methoxy groups -OCH3 is 1. The number of hydrogen-bond acceptors (Lipinski definition) is 6. The van der Waals surface area contributed by atoms with Gasteiger partial charge in [-0.15, -0.1) is 0 Å². The molecule has 0 bridgehead atoms. The SMILES string of the molecule is COc1cc(Br)cc(Br)c1OCC(=O)N/N=C\c1cc(Br)cc(Br)c1OCC(=O)O. The van der Waals surface area contributed by atoms with Crippen molar-refractivity contribution in [3.05, 3.63) is 47.7 Å². The first-order valence-corrected chi connectivity index (χ1v) is 11.2. The van der Waals surface area contributed by atoms with Gasteiger partial charge >= 0.3 is 5.97 Å². The first kappa shape index (κ1) is 24.6. The summed E-state index contributed by atoms with van der Waals surface area (Å²) >= 11 is 13.3. The number of benzene rings is 2. The highest BCUT2D eigenvalue weighted by Crippen LogP contribution is 2.38. The van der Waals surface area contributed by atoms with E-state index in [9.17, 15) is 9.59 Å². The van der Waals surface area contributed by atoms with Crippen LogP contribution in [-0.4, -0.2) is 43.5 Å². The second-order valence-corrected chi connectivity index (χ2v) is 9.03. The zero-order valence-corrected chi connectivity index (χ0v) is 21.6. The molecule has 0 unspecified atom stereocenters. The molecule has 0 aromatic heterocycles. The number of ether oxygens (including phenoxy) is 3. The van der Waals surface area contributed by atoms with Crippen molar-refractivity contribution in [2.75, 3.05) is 20.3 Å². The number of carbonyl (C=O) groups excluding carboxylic acids is 1. The Morgan fingerprint density at radius 1 is 1.00 bits per heavy atom. The third-order valence-electron chi connectivity index (χ3n) is 3.31. The van der Waals surface area contributed by atoms with Crippen LogP contribution >= 0.6 is 63.7 Å². The molecule has 160 valence electrons. The monoisotopic (exact) mass is 670 g/mol. The molecule has 0 fully saturated rings. The Balaban J connectivity index is 2.04. The average Bonchev–Trinajstić information content (AvgIpc) is 2.65. The van der Waals surface area contributed by atoms with Gasteiger partial charge in [0.25, 0.3) is 5.91 Å². The van der Waals surface area contributed by atoms with Gasteiger partial charge in [0.15, 0.2) is 24.7 Å². The summed E-state index contributed by atoms with van der Waals surface area (Å²) in [7, 11) is 1.49. The summed E-state index contributed by atoms with van der Waals surface area (Å²) in [6.45, 7) is -0.830. The normalized spacial score (nSPS) is 10.7. The smallest absolute Gasteiger partial charge is 0.341 e. The van der Waals surface area contributed by atoms with Crippen molar-refractivity contribution in [1.29, 1.82) is 0 Å². The van der Waals surface area contributed by atoms with E-state index in [4.69, 9.17) is 19.3 Å². The summed E-state index contributed by atoms with van der Waals surface area (Å²) in [4.78, 5) is 22.8. The quantitative estimate of drug-likeness (QED) is 0.295. The summed E-state index contributed by atoms with van der Waals surface area (Å²) in [6, 6.07) is 6.83. The maximum Gasteiger partial charge on any atom is 0.341 e. The molecule has 2 rings (SSSR count). The van der Waals surface area contributed by atoms with Crippen molar-refractivity contribution in [1.82, 2.24) is 5.43 Å². The van der Waals surface area contributed by atoms with E-state index in [-0.39, 0.29) is 12.4 Å². The lowest BCUT2D eigenvalue weighted by atomic mass is 10.2. The summed E-state index contributed by atoms with van der Waals surface area (Å²) in [5.74, 6) is -0.525. The topological polar surface area (TPSA) is 106 Å². The predicted octanol–water partition coefficient (Wildman–Crippen LogP) is 4.74. The zero-order valence-electron chi connectivity index (χ0n) is 15.2. The van der Waals surface area contributed by atoms with E-state index in [0.717, 1.165) is 4.47 Å². The molecule has 0 atom stereocenters. The summed E-state index contributed by atoms with van der Waals surface area (Å²) in [5.41, 5.74) is 2.79. The van der Waals surface area contributed by atoms with Crippen LogP contribution in [0.1, 0.15) is 5.56 Å². The van der Waals surface area contributed by atoms with E-state index in [2.05, 4.69) is 74.2 Å². The van der Waals surface area contributed by atoms with Crippen LogP contribution in [0.25, 0.3) is 0 Å². The molecule has 0 radical (unpaired) electrons. The van der Waals surface area contributed by atoms with Gasteiger partial charge in [-0.25, -0.2) is 10.2 Å². The third-order valence-corrected chi connectivity index (χ3v) is 5.41. The van der Waals surface area contributed by atoms with Crippen LogP contribution in [0.4, 0.5) is 0 Å². The predicted molar refractivity (Wildman–Crippen MR) is 125 cm³/mol. The van der Waals surface area contributed by atoms with Crippen molar-refractivity contribution < 1.29 is 28.9 Å². The molecule has 12 heteroatoms. The van der Waals surface area contributed by atoms with Crippen LogP contribution in [0.5, 0.6) is 17.2 Å².